The quantitative estimate of drug-likeness (QED) is 0.687. The van der Waals surface area contributed by atoms with Crippen LogP contribution in [0.25, 0.3) is 11.0 Å². The summed E-state index contributed by atoms with van der Waals surface area (Å²) in [5, 5.41) is 0.461. The average Bonchev–Trinajstić information content (AvgIpc) is 3.05. The first-order valence-corrected chi connectivity index (χ1v) is 9.89. The number of carbonyl (C=O) groups is 1. The molecule has 1 unspecified atom stereocenters. The fourth-order valence-corrected chi connectivity index (χ4v) is 4.83. The van der Waals surface area contributed by atoms with Gasteiger partial charge in [-0.3, -0.25) is 14.4 Å². The smallest absolute Gasteiger partial charge is 0.289 e. The molecule has 2 aromatic heterocycles. The zero-order chi connectivity index (χ0) is 20.2. The number of benzene rings is 1. The molecule has 1 spiro atoms. The number of rotatable bonds is 1. The van der Waals surface area contributed by atoms with E-state index in [2.05, 4.69) is 9.97 Å². The molecule has 29 heavy (non-hydrogen) atoms. The number of hydrogen-bond donors (Lipinski definition) is 1. The first kappa shape index (κ1) is 17.8. The molecule has 0 saturated carbocycles. The lowest BCUT2D eigenvalue weighted by molar-refractivity contribution is 0.0602. The van der Waals surface area contributed by atoms with Crippen molar-refractivity contribution < 1.29 is 9.21 Å². The summed E-state index contributed by atoms with van der Waals surface area (Å²) in [6, 6.07) is 8.20. The molecule has 2 aliphatic rings. The van der Waals surface area contributed by atoms with Gasteiger partial charge in [-0.05, 0) is 44.7 Å². The highest BCUT2D eigenvalue weighted by Crippen LogP contribution is 2.43. The molecule has 7 heteroatoms. The van der Waals surface area contributed by atoms with Gasteiger partial charge in [0.1, 0.15) is 11.4 Å². The summed E-state index contributed by atoms with van der Waals surface area (Å²) >= 11 is 0. The number of piperidine rings is 1. The van der Waals surface area contributed by atoms with E-state index in [0.717, 1.165) is 30.5 Å². The Morgan fingerprint density at radius 1 is 1.24 bits per heavy atom. The highest BCUT2D eigenvalue weighted by atomic mass is 16.3. The Morgan fingerprint density at radius 2 is 2.07 bits per heavy atom. The van der Waals surface area contributed by atoms with Gasteiger partial charge in [-0.1, -0.05) is 12.1 Å². The van der Waals surface area contributed by atoms with E-state index < -0.39 is 0 Å². The van der Waals surface area contributed by atoms with Crippen LogP contribution in [-0.4, -0.2) is 33.9 Å². The molecule has 1 aliphatic heterocycles. The van der Waals surface area contributed by atoms with Gasteiger partial charge in [0.15, 0.2) is 11.2 Å². The highest BCUT2D eigenvalue weighted by Gasteiger charge is 2.45. The van der Waals surface area contributed by atoms with Crippen LogP contribution in [0.15, 0.2) is 44.3 Å². The van der Waals surface area contributed by atoms with Crippen LogP contribution in [0.3, 0.4) is 0 Å². The molecule has 1 aromatic carbocycles. The number of fused-ring (bicyclic) bond motifs is 3. The van der Waals surface area contributed by atoms with Gasteiger partial charge >= 0.3 is 0 Å². The molecule has 3 heterocycles. The van der Waals surface area contributed by atoms with Crippen LogP contribution < -0.4 is 11.0 Å². The van der Waals surface area contributed by atoms with Crippen LogP contribution >= 0.6 is 0 Å². The van der Waals surface area contributed by atoms with E-state index >= 15 is 0 Å². The molecule has 7 nitrogen and oxygen atoms in total. The Kier molecular flexibility index (Phi) is 3.94. The van der Waals surface area contributed by atoms with Gasteiger partial charge in [-0.15, -0.1) is 0 Å². The zero-order valence-electron chi connectivity index (χ0n) is 16.2. The highest BCUT2D eigenvalue weighted by molar-refractivity contribution is 5.93. The maximum absolute atomic E-state index is 13.2. The Hall–Kier alpha value is -3.22. The van der Waals surface area contributed by atoms with Crippen LogP contribution in [0.1, 0.15) is 46.9 Å². The number of aromatic nitrogens is 2. The van der Waals surface area contributed by atoms with Crippen molar-refractivity contribution in [1.82, 2.24) is 14.9 Å². The van der Waals surface area contributed by atoms with Gasteiger partial charge in [0.05, 0.1) is 11.1 Å². The molecule has 1 aliphatic carbocycles. The number of aryl methyl sites for hydroxylation is 1. The fourth-order valence-electron chi connectivity index (χ4n) is 4.83. The van der Waals surface area contributed by atoms with Crippen molar-refractivity contribution in [3.05, 3.63) is 73.8 Å². The summed E-state index contributed by atoms with van der Waals surface area (Å²) in [5.74, 6) is 0.361. The summed E-state index contributed by atoms with van der Waals surface area (Å²) in [6.45, 7) is 2.85. The second-order valence-electron chi connectivity index (χ2n) is 8.06. The maximum Gasteiger partial charge on any atom is 0.289 e. The van der Waals surface area contributed by atoms with Crippen molar-refractivity contribution in [3.63, 3.8) is 0 Å². The number of hydrogen-bond acceptors (Lipinski definition) is 5. The number of H-pyrrole nitrogens is 1. The Balaban J connectivity index is 1.51. The molecule has 5 rings (SSSR count). The van der Waals surface area contributed by atoms with Gasteiger partial charge in [-0.25, -0.2) is 4.98 Å². The van der Waals surface area contributed by atoms with E-state index in [1.807, 2.05) is 0 Å². The molecule has 1 N–H and O–H groups in total. The second-order valence-corrected chi connectivity index (χ2v) is 8.06. The first-order chi connectivity index (χ1) is 14.0. The standard InChI is InChI=1S/C22H21N3O4/c1-13-23-19-15(20(27)24-13)7-9-22(19)8-4-10-25(12-22)21(28)18-11-16(26)14-5-2-3-6-17(14)29-18/h2-3,5-6,11H,4,7-10,12H2,1H3,(H,23,24,27). The number of carbonyl (C=O) groups excluding carboxylic acids is 1. The molecule has 1 atom stereocenters. The van der Waals surface area contributed by atoms with E-state index in [1.165, 1.54) is 6.07 Å². The number of aromatic amines is 1. The number of nitrogens with one attached hydrogen (secondary N) is 1. The number of nitrogens with zero attached hydrogens (tertiary/aromatic N) is 2. The summed E-state index contributed by atoms with van der Waals surface area (Å²) < 4.78 is 5.75. The van der Waals surface area contributed by atoms with Crippen LogP contribution in [0, 0.1) is 6.92 Å². The SMILES string of the molecule is Cc1nc2c(c(=O)[nH]1)CCC21CCCN(C(=O)c2cc(=O)c3ccccc3o2)C1. The van der Waals surface area contributed by atoms with E-state index in [0.29, 0.717) is 36.3 Å². The second kappa shape index (κ2) is 6.40. The minimum atomic E-state index is -0.306. The van der Waals surface area contributed by atoms with Crippen LogP contribution in [0.4, 0.5) is 0 Å². The minimum absolute atomic E-state index is 0.0546. The van der Waals surface area contributed by atoms with Gasteiger partial charge in [0.2, 0.25) is 0 Å². The lowest BCUT2D eigenvalue weighted by Crippen LogP contribution is -2.48. The number of amides is 1. The maximum atomic E-state index is 13.2. The third-order valence-corrected chi connectivity index (χ3v) is 6.20. The van der Waals surface area contributed by atoms with Crippen molar-refractivity contribution in [2.24, 2.45) is 0 Å². The van der Waals surface area contributed by atoms with Crippen molar-refractivity contribution in [3.8, 4) is 0 Å². The van der Waals surface area contributed by atoms with Gasteiger partial charge in [0, 0.05) is 30.1 Å². The van der Waals surface area contributed by atoms with Crippen molar-refractivity contribution in [2.75, 3.05) is 13.1 Å². The Morgan fingerprint density at radius 3 is 2.93 bits per heavy atom. The topological polar surface area (TPSA) is 96.3 Å². The van der Waals surface area contributed by atoms with Crippen LogP contribution in [0.2, 0.25) is 0 Å². The molecule has 0 radical (unpaired) electrons. The van der Waals surface area contributed by atoms with Crippen LogP contribution in [-0.2, 0) is 11.8 Å². The molecule has 1 saturated heterocycles. The van der Waals surface area contributed by atoms with E-state index in [-0.39, 0.29) is 28.1 Å². The van der Waals surface area contributed by atoms with E-state index in [1.54, 1.807) is 36.1 Å². The van der Waals surface area contributed by atoms with Crippen molar-refractivity contribution in [2.45, 2.75) is 38.0 Å². The summed E-state index contributed by atoms with van der Waals surface area (Å²) in [6.07, 6.45) is 3.18. The number of likely N-dealkylation sites (tertiary alicyclic amines) is 1. The normalized spacial score (nSPS) is 20.9. The zero-order valence-corrected chi connectivity index (χ0v) is 16.2. The summed E-state index contributed by atoms with van der Waals surface area (Å²) in [4.78, 5) is 47.1. The molecule has 0 bridgehead atoms. The van der Waals surface area contributed by atoms with Crippen LogP contribution in [0.5, 0.6) is 0 Å². The Labute approximate surface area is 166 Å². The largest absolute Gasteiger partial charge is 0.451 e. The van der Waals surface area contributed by atoms with Crippen molar-refractivity contribution >= 4 is 16.9 Å². The predicted molar refractivity (Wildman–Crippen MR) is 107 cm³/mol. The van der Waals surface area contributed by atoms with Gasteiger partial charge < -0.3 is 14.3 Å². The lowest BCUT2D eigenvalue weighted by Gasteiger charge is -2.40. The van der Waals surface area contributed by atoms with Gasteiger partial charge in [-0.2, -0.15) is 0 Å². The molecule has 3 aromatic rings. The lowest BCUT2D eigenvalue weighted by atomic mass is 9.77. The molecule has 1 amide bonds. The molecule has 1 fully saturated rings. The third kappa shape index (κ3) is 2.80. The first-order valence-electron chi connectivity index (χ1n) is 9.89. The monoisotopic (exact) mass is 391 g/mol. The average molecular weight is 391 g/mol. The van der Waals surface area contributed by atoms with Crippen molar-refractivity contribution in [1.29, 1.82) is 0 Å². The summed E-state index contributed by atoms with van der Waals surface area (Å²) in [7, 11) is 0. The third-order valence-electron chi connectivity index (χ3n) is 6.20. The number of para-hydroxylation sites is 1. The minimum Gasteiger partial charge on any atom is -0.451 e. The van der Waals surface area contributed by atoms with E-state index in [9.17, 15) is 14.4 Å². The molecular weight excluding hydrogens is 370 g/mol. The predicted octanol–water partition coefficient (Wildman–Crippen LogP) is 2.30. The molecular formula is C22H21N3O4. The summed E-state index contributed by atoms with van der Waals surface area (Å²) in [5.41, 5.74) is 1.37. The fraction of sp³-hybridized carbons (Fsp3) is 0.364. The Bertz CT molecular complexity index is 1260. The molecule has 148 valence electrons. The van der Waals surface area contributed by atoms with Gasteiger partial charge in [0.25, 0.3) is 11.5 Å². The van der Waals surface area contributed by atoms with E-state index in [4.69, 9.17) is 4.42 Å².